The molecule has 4 nitrogen and oxygen atoms in total. The van der Waals surface area contributed by atoms with Crippen molar-refractivity contribution in [1.82, 2.24) is 5.32 Å². The maximum absolute atomic E-state index is 11.8. The van der Waals surface area contributed by atoms with Gasteiger partial charge in [0.25, 0.3) is 0 Å². The molecule has 0 aliphatic rings. The number of carbonyl (C=O) groups excluding carboxylic acids is 1. The normalized spacial score (nSPS) is 10.6. The predicted octanol–water partition coefficient (Wildman–Crippen LogP) is 1.66. The van der Waals surface area contributed by atoms with E-state index in [0.29, 0.717) is 25.6 Å². The average molecular weight is 263 g/mol. The molecule has 0 fully saturated rings. The van der Waals surface area contributed by atoms with Crippen LogP contribution in [-0.4, -0.2) is 26.0 Å². The van der Waals surface area contributed by atoms with Gasteiger partial charge in [0, 0.05) is 25.8 Å². The van der Waals surface area contributed by atoms with Crippen LogP contribution in [-0.2, 0) is 11.3 Å². The fourth-order valence-electron chi connectivity index (χ4n) is 1.92. The number of aryl methyl sites for hydroxylation is 1. The van der Waals surface area contributed by atoms with E-state index in [4.69, 9.17) is 5.73 Å². The van der Waals surface area contributed by atoms with Crippen molar-refractivity contribution in [3.8, 4) is 0 Å². The number of nitrogens with two attached hydrogens (primary N) is 1. The molecule has 0 atom stereocenters. The first-order chi connectivity index (χ1) is 8.93. The Morgan fingerprint density at radius 2 is 2.11 bits per heavy atom. The van der Waals surface area contributed by atoms with Crippen molar-refractivity contribution < 1.29 is 4.79 Å². The van der Waals surface area contributed by atoms with E-state index in [0.717, 1.165) is 11.3 Å². The van der Waals surface area contributed by atoms with E-state index in [2.05, 4.69) is 25.2 Å². The molecule has 0 aromatic heterocycles. The topological polar surface area (TPSA) is 58.4 Å². The van der Waals surface area contributed by atoms with Crippen molar-refractivity contribution in [3.63, 3.8) is 0 Å². The minimum Gasteiger partial charge on any atom is -0.365 e. The number of rotatable bonds is 6. The molecular formula is C15H25N3O. The van der Waals surface area contributed by atoms with Gasteiger partial charge in [0.2, 0.25) is 5.91 Å². The Morgan fingerprint density at radius 3 is 2.68 bits per heavy atom. The molecule has 0 saturated heterocycles. The van der Waals surface area contributed by atoms with Crippen molar-refractivity contribution in [2.75, 3.05) is 25.0 Å². The Labute approximate surface area is 116 Å². The summed E-state index contributed by atoms with van der Waals surface area (Å²) < 4.78 is 0. The summed E-state index contributed by atoms with van der Waals surface area (Å²) in [6.07, 6.45) is 0. The molecule has 0 saturated carbocycles. The fraction of sp³-hybridized carbons (Fsp3) is 0.533. The van der Waals surface area contributed by atoms with E-state index in [1.807, 2.05) is 31.0 Å². The summed E-state index contributed by atoms with van der Waals surface area (Å²) in [4.78, 5) is 13.8. The SMILES string of the molecule is Cc1ccc(N(C)CC(=O)NCC(C)C)c(CN)c1. The van der Waals surface area contributed by atoms with Crippen molar-refractivity contribution in [2.24, 2.45) is 11.7 Å². The van der Waals surface area contributed by atoms with Gasteiger partial charge in [-0.3, -0.25) is 4.79 Å². The zero-order chi connectivity index (χ0) is 14.4. The number of nitrogens with zero attached hydrogens (tertiary/aromatic N) is 1. The molecule has 0 spiro atoms. The number of hydrogen-bond donors (Lipinski definition) is 2. The van der Waals surface area contributed by atoms with Crippen molar-refractivity contribution in [1.29, 1.82) is 0 Å². The first kappa shape index (κ1) is 15.5. The summed E-state index contributed by atoms with van der Waals surface area (Å²) in [7, 11) is 1.92. The number of amides is 1. The first-order valence-electron chi connectivity index (χ1n) is 6.71. The third-order valence-corrected chi connectivity index (χ3v) is 2.95. The highest BCUT2D eigenvalue weighted by atomic mass is 16.2. The van der Waals surface area contributed by atoms with Crippen LogP contribution in [0.1, 0.15) is 25.0 Å². The highest BCUT2D eigenvalue weighted by Crippen LogP contribution is 2.20. The zero-order valence-electron chi connectivity index (χ0n) is 12.4. The minimum atomic E-state index is 0.0414. The second-order valence-corrected chi connectivity index (χ2v) is 5.39. The average Bonchev–Trinajstić information content (AvgIpc) is 2.35. The number of nitrogens with one attached hydrogen (secondary N) is 1. The van der Waals surface area contributed by atoms with Gasteiger partial charge in [-0.25, -0.2) is 0 Å². The maximum Gasteiger partial charge on any atom is 0.239 e. The lowest BCUT2D eigenvalue weighted by Crippen LogP contribution is -2.37. The Bertz CT molecular complexity index is 429. The highest BCUT2D eigenvalue weighted by molar-refractivity contribution is 5.81. The number of carbonyl (C=O) groups is 1. The molecule has 1 aromatic carbocycles. The van der Waals surface area contributed by atoms with Crippen LogP contribution in [0.2, 0.25) is 0 Å². The van der Waals surface area contributed by atoms with Gasteiger partial charge >= 0.3 is 0 Å². The first-order valence-corrected chi connectivity index (χ1v) is 6.71. The molecule has 1 aromatic rings. The summed E-state index contributed by atoms with van der Waals surface area (Å²) in [5.41, 5.74) is 9.03. The predicted molar refractivity (Wildman–Crippen MR) is 80.2 cm³/mol. The van der Waals surface area contributed by atoms with E-state index in [1.54, 1.807) is 0 Å². The molecular weight excluding hydrogens is 238 g/mol. The van der Waals surface area contributed by atoms with Crippen LogP contribution < -0.4 is 16.0 Å². The van der Waals surface area contributed by atoms with Crippen LogP contribution in [0.4, 0.5) is 5.69 Å². The van der Waals surface area contributed by atoms with Crippen LogP contribution in [0.3, 0.4) is 0 Å². The van der Waals surface area contributed by atoms with Crippen LogP contribution in [0, 0.1) is 12.8 Å². The van der Waals surface area contributed by atoms with Gasteiger partial charge in [-0.05, 0) is 24.5 Å². The molecule has 106 valence electrons. The minimum absolute atomic E-state index is 0.0414. The lowest BCUT2D eigenvalue weighted by Gasteiger charge is -2.22. The Balaban J connectivity index is 2.67. The summed E-state index contributed by atoms with van der Waals surface area (Å²) in [5, 5.41) is 2.92. The molecule has 0 aliphatic carbocycles. The molecule has 0 radical (unpaired) electrons. The van der Waals surface area contributed by atoms with Gasteiger partial charge in [0.1, 0.15) is 0 Å². The highest BCUT2D eigenvalue weighted by Gasteiger charge is 2.10. The van der Waals surface area contributed by atoms with Crippen molar-refractivity contribution in [3.05, 3.63) is 29.3 Å². The molecule has 0 aliphatic heterocycles. The quantitative estimate of drug-likeness (QED) is 0.820. The van der Waals surface area contributed by atoms with Crippen LogP contribution >= 0.6 is 0 Å². The number of likely N-dealkylation sites (N-methyl/N-ethyl adjacent to an activating group) is 1. The molecule has 1 amide bonds. The maximum atomic E-state index is 11.8. The van der Waals surface area contributed by atoms with E-state index < -0.39 is 0 Å². The van der Waals surface area contributed by atoms with E-state index in [-0.39, 0.29) is 5.91 Å². The molecule has 1 rings (SSSR count). The number of hydrogen-bond acceptors (Lipinski definition) is 3. The van der Waals surface area contributed by atoms with Gasteiger partial charge in [0.05, 0.1) is 6.54 Å². The third kappa shape index (κ3) is 4.91. The summed E-state index contributed by atoms with van der Waals surface area (Å²) in [6.45, 7) is 7.74. The van der Waals surface area contributed by atoms with Gasteiger partial charge < -0.3 is 16.0 Å². The Hall–Kier alpha value is -1.55. The number of anilines is 1. The standard InChI is InChI=1S/C15H25N3O/c1-11(2)9-17-15(19)10-18(4)14-6-5-12(3)7-13(14)8-16/h5-7,11H,8-10,16H2,1-4H3,(H,17,19). The summed E-state index contributed by atoms with van der Waals surface area (Å²) in [6, 6.07) is 6.13. The van der Waals surface area contributed by atoms with Gasteiger partial charge in [-0.1, -0.05) is 31.5 Å². The molecule has 19 heavy (non-hydrogen) atoms. The Morgan fingerprint density at radius 1 is 1.42 bits per heavy atom. The summed E-state index contributed by atoms with van der Waals surface area (Å²) in [5.74, 6) is 0.507. The van der Waals surface area contributed by atoms with Gasteiger partial charge in [0.15, 0.2) is 0 Å². The number of benzene rings is 1. The Kier molecular flexibility index (Phi) is 5.83. The van der Waals surface area contributed by atoms with Crippen LogP contribution in [0.15, 0.2) is 18.2 Å². The van der Waals surface area contributed by atoms with Gasteiger partial charge in [-0.15, -0.1) is 0 Å². The second-order valence-electron chi connectivity index (χ2n) is 5.39. The molecule has 0 bridgehead atoms. The van der Waals surface area contributed by atoms with Crippen LogP contribution in [0.25, 0.3) is 0 Å². The van der Waals surface area contributed by atoms with E-state index >= 15 is 0 Å². The van der Waals surface area contributed by atoms with E-state index in [9.17, 15) is 4.79 Å². The molecule has 0 unspecified atom stereocenters. The zero-order valence-corrected chi connectivity index (χ0v) is 12.4. The molecule has 4 heteroatoms. The molecule has 3 N–H and O–H groups in total. The lowest BCUT2D eigenvalue weighted by atomic mass is 10.1. The smallest absolute Gasteiger partial charge is 0.239 e. The largest absolute Gasteiger partial charge is 0.365 e. The van der Waals surface area contributed by atoms with Gasteiger partial charge in [-0.2, -0.15) is 0 Å². The fourth-order valence-corrected chi connectivity index (χ4v) is 1.92. The monoisotopic (exact) mass is 263 g/mol. The van der Waals surface area contributed by atoms with Crippen molar-refractivity contribution in [2.45, 2.75) is 27.3 Å². The molecule has 0 heterocycles. The lowest BCUT2D eigenvalue weighted by molar-refractivity contribution is -0.119. The third-order valence-electron chi connectivity index (χ3n) is 2.95. The van der Waals surface area contributed by atoms with E-state index in [1.165, 1.54) is 5.56 Å². The van der Waals surface area contributed by atoms with Crippen LogP contribution in [0.5, 0.6) is 0 Å². The summed E-state index contributed by atoms with van der Waals surface area (Å²) >= 11 is 0. The second kappa shape index (κ2) is 7.14. The van der Waals surface area contributed by atoms with Crippen molar-refractivity contribution >= 4 is 11.6 Å².